The van der Waals surface area contributed by atoms with E-state index in [1.54, 1.807) is 18.7 Å². The number of amides is 1. The maximum absolute atomic E-state index is 13.1. The van der Waals surface area contributed by atoms with Crippen LogP contribution in [-0.2, 0) is 28.7 Å². The molecule has 0 radical (unpaired) electrons. The van der Waals surface area contributed by atoms with Gasteiger partial charge in [-0.05, 0) is 45.4 Å². The zero-order valence-electron chi connectivity index (χ0n) is 18.8. The summed E-state index contributed by atoms with van der Waals surface area (Å²) in [5.41, 5.74) is 0. The van der Waals surface area contributed by atoms with E-state index in [1.807, 2.05) is 6.92 Å². The molecule has 1 saturated carbocycles. The summed E-state index contributed by atoms with van der Waals surface area (Å²) in [5.74, 6) is -4.89. The first-order chi connectivity index (χ1) is 15.0. The van der Waals surface area contributed by atoms with Crippen molar-refractivity contribution < 1.29 is 44.0 Å². The van der Waals surface area contributed by atoms with Crippen molar-refractivity contribution in [2.45, 2.75) is 89.9 Å². The molecule has 1 heterocycles. The van der Waals surface area contributed by atoms with E-state index in [-0.39, 0.29) is 23.8 Å². The third-order valence-corrected chi connectivity index (χ3v) is 5.78. The molecule has 0 aromatic heterocycles. The molecule has 0 unspecified atom stereocenters. The molecular formula is C21H34N2O9. The number of hydrogen-bond donors (Lipinski definition) is 4. The molecule has 2 fully saturated rings. The lowest BCUT2D eigenvalue weighted by molar-refractivity contribution is -0.159. The zero-order valence-corrected chi connectivity index (χ0v) is 18.8. The van der Waals surface area contributed by atoms with Gasteiger partial charge in [-0.15, -0.1) is 0 Å². The van der Waals surface area contributed by atoms with Crippen LogP contribution in [0.15, 0.2) is 0 Å². The SMILES string of the molecule is CCC[C@H](N[C@@H](C)C(=O)N1[C@H](C(=O)O)C[C@@H]2CCCC[C@@H]21)C(=O)OCC.O=C(O)C(=O)O. The molecule has 2 rings (SSSR count). The second kappa shape index (κ2) is 13.0. The van der Waals surface area contributed by atoms with Crippen molar-refractivity contribution in [1.82, 2.24) is 10.2 Å². The van der Waals surface area contributed by atoms with Crippen molar-refractivity contribution in [3.8, 4) is 0 Å². The van der Waals surface area contributed by atoms with E-state index in [1.165, 1.54) is 0 Å². The molecule has 1 amide bonds. The van der Waals surface area contributed by atoms with E-state index < -0.39 is 36.0 Å². The third kappa shape index (κ3) is 7.47. The number of carbonyl (C=O) groups excluding carboxylic acids is 2. The minimum absolute atomic E-state index is 0.00817. The Morgan fingerprint density at radius 3 is 2.12 bits per heavy atom. The largest absolute Gasteiger partial charge is 0.480 e. The van der Waals surface area contributed by atoms with Gasteiger partial charge in [0.05, 0.1) is 12.6 Å². The Hall–Kier alpha value is -2.69. The molecule has 0 spiro atoms. The third-order valence-electron chi connectivity index (χ3n) is 5.78. The van der Waals surface area contributed by atoms with E-state index in [4.69, 9.17) is 24.5 Å². The minimum Gasteiger partial charge on any atom is -0.480 e. The van der Waals surface area contributed by atoms with Gasteiger partial charge >= 0.3 is 23.9 Å². The Kier molecular flexibility index (Phi) is 11.1. The van der Waals surface area contributed by atoms with Crippen molar-refractivity contribution >= 4 is 29.8 Å². The molecule has 11 heteroatoms. The fraction of sp³-hybridized carbons (Fsp3) is 0.762. The number of aliphatic carboxylic acids is 3. The van der Waals surface area contributed by atoms with Gasteiger partial charge in [-0.3, -0.25) is 14.9 Å². The number of rotatable bonds is 8. The Morgan fingerprint density at radius 1 is 1.03 bits per heavy atom. The van der Waals surface area contributed by atoms with Crippen molar-refractivity contribution in [3.63, 3.8) is 0 Å². The molecule has 1 aliphatic carbocycles. The standard InChI is InChI=1S/C19H32N2O5.C2H2O4/c1-4-8-14(19(25)26-5-2)20-12(3)17(22)21-15-10-7-6-9-13(15)11-16(21)18(23)24;3-1(4)2(5)6/h12-16,20H,4-11H2,1-3H3,(H,23,24);(H,3,4)(H,5,6)/t12-,13-,14-,15-,16-;/m0./s1. The van der Waals surface area contributed by atoms with Crippen molar-refractivity contribution in [2.75, 3.05) is 6.61 Å². The van der Waals surface area contributed by atoms with Crippen LogP contribution in [0, 0.1) is 5.92 Å². The number of nitrogens with one attached hydrogen (secondary N) is 1. The second-order valence-corrected chi connectivity index (χ2v) is 8.04. The maximum Gasteiger partial charge on any atom is 0.414 e. The topological polar surface area (TPSA) is 171 Å². The first-order valence-electron chi connectivity index (χ1n) is 11.0. The van der Waals surface area contributed by atoms with Gasteiger partial charge in [0, 0.05) is 6.04 Å². The lowest BCUT2D eigenvalue weighted by Crippen LogP contribution is -2.55. The summed E-state index contributed by atoms with van der Waals surface area (Å²) < 4.78 is 5.09. The Labute approximate surface area is 187 Å². The summed E-state index contributed by atoms with van der Waals surface area (Å²) in [4.78, 5) is 56.7. The maximum atomic E-state index is 13.1. The van der Waals surface area contributed by atoms with Crippen LogP contribution in [0.3, 0.4) is 0 Å². The normalized spacial score (nSPS) is 23.7. The fourth-order valence-electron chi connectivity index (χ4n) is 4.39. The molecule has 1 aliphatic heterocycles. The number of carboxylic acids is 3. The first kappa shape index (κ1) is 27.3. The summed E-state index contributed by atoms with van der Waals surface area (Å²) in [6, 6.07) is -1.92. The summed E-state index contributed by atoms with van der Waals surface area (Å²) in [6.07, 6.45) is 5.87. The predicted molar refractivity (Wildman–Crippen MR) is 112 cm³/mol. The van der Waals surface area contributed by atoms with Crippen LogP contribution in [-0.4, -0.2) is 80.8 Å². The highest BCUT2D eigenvalue weighted by Crippen LogP contribution is 2.40. The van der Waals surface area contributed by atoms with Crippen LogP contribution in [0.25, 0.3) is 0 Å². The van der Waals surface area contributed by atoms with E-state index >= 15 is 0 Å². The van der Waals surface area contributed by atoms with Gasteiger partial charge in [0.15, 0.2) is 0 Å². The number of hydrogen-bond acceptors (Lipinski definition) is 7. The number of carbonyl (C=O) groups is 5. The number of esters is 1. The molecule has 5 atom stereocenters. The molecule has 182 valence electrons. The molecular weight excluding hydrogens is 424 g/mol. The quantitative estimate of drug-likeness (QED) is 0.305. The molecule has 11 nitrogen and oxygen atoms in total. The van der Waals surface area contributed by atoms with E-state index in [2.05, 4.69) is 5.32 Å². The van der Waals surface area contributed by atoms with E-state index in [9.17, 15) is 19.5 Å². The zero-order chi connectivity index (χ0) is 24.4. The number of carboxylic acid groups (broad SMARTS) is 3. The highest BCUT2D eigenvalue weighted by atomic mass is 16.5. The Balaban J connectivity index is 0.000000751. The summed E-state index contributed by atoms with van der Waals surface area (Å²) in [7, 11) is 0. The number of nitrogens with zero attached hydrogens (tertiary/aromatic N) is 1. The molecule has 0 aromatic carbocycles. The fourth-order valence-corrected chi connectivity index (χ4v) is 4.39. The number of fused-ring (bicyclic) bond motifs is 1. The van der Waals surface area contributed by atoms with Gasteiger partial charge in [-0.2, -0.15) is 0 Å². The highest BCUT2D eigenvalue weighted by Gasteiger charge is 2.48. The highest BCUT2D eigenvalue weighted by molar-refractivity contribution is 6.27. The van der Waals surface area contributed by atoms with Crippen LogP contribution in [0.2, 0.25) is 0 Å². The Bertz CT molecular complexity index is 685. The van der Waals surface area contributed by atoms with Gasteiger partial charge in [0.2, 0.25) is 5.91 Å². The van der Waals surface area contributed by atoms with Gasteiger partial charge in [-0.1, -0.05) is 26.2 Å². The van der Waals surface area contributed by atoms with Gasteiger partial charge in [-0.25, -0.2) is 14.4 Å². The van der Waals surface area contributed by atoms with Crippen LogP contribution in [0.4, 0.5) is 0 Å². The van der Waals surface area contributed by atoms with Crippen LogP contribution < -0.4 is 5.32 Å². The molecule has 2 aliphatic rings. The van der Waals surface area contributed by atoms with Crippen LogP contribution >= 0.6 is 0 Å². The summed E-state index contributed by atoms with van der Waals surface area (Å²) in [5, 5.41) is 27.5. The van der Waals surface area contributed by atoms with Gasteiger partial charge < -0.3 is 25.0 Å². The molecule has 4 N–H and O–H groups in total. The van der Waals surface area contributed by atoms with E-state index in [0.29, 0.717) is 19.4 Å². The van der Waals surface area contributed by atoms with Gasteiger partial charge in [0.25, 0.3) is 0 Å². The lowest BCUT2D eigenvalue weighted by atomic mass is 9.84. The molecule has 1 saturated heterocycles. The smallest absolute Gasteiger partial charge is 0.414 e. The van der Waals surface area contributed by atoms with E-state index in [0.717, 1.165) is 32.1 Å². The number of likely N-dealkylation sites (tertiary alicyclic amines) is 1. The molecule has 0 bridgehead atoms. The first-order valence-corrected chi connectivity index (χ1v) is 11.0. The lowest BCUT2D eigenvalue weighted by Gasteiger charge is -2.35. The minimum atomic E-state index is -1.82. The van der Waals surface area contributed by atoms with Crippen LogP contribution in [0.1, 0.15) is 65.7 Å². The Morgan fingerprint density at radius 2 is 1.62 bits per heavy atom. The average Bonchev–Trinajstić information content (AvgIpc) is 3.13. The monoisotopic (exact) mass is 458 g/mol. The molecule has 32 heavy (non-hydrogen) atoms. The molecule has 0 aromatic rings. The summed E-state index contributed by atoms with van der Waals surface area (Å²) in [6.45, 7) is 5.72. The predicted octanol–water partition coefficient (Wildman–Crippen LogP) is 1.10. The average molecular weight is 459 g/mol. The second-order valence-electron chi connectivity index (χ2n) is 8.04. The van der Waals surface area contributed by atoms with Crippen molar-refractivity contribution in [2.24, 2.45) is 5.92 Å². The van der Waals surface area contributed by atoms with Crippen molar-refractivity contribution in [1.29, 1.82) is 0 Å². The number of ether oxygens (including phenoxy) is 1. The summed E-state index contributed by atoms with van der Waals surface area (Å²) >= 11 is 0. The van der Waals surface area contributed by atoms with Crippen LogP contribution in [0.5, 0.6) is 0 Å². The van der Waals surface area contributed by atoms with Gasteiger partial charge in [0.1, 0.15) is 12.1 Å². The van der Waals surface area contributed by atoms with Crippen molar-refractivity contribution in [3.05, 3.63) is 0 Å².